The van der Waals surface area contributed by atoms with Crippen LogP contribution in [0.3, 0.4) is 0 Å². The van der Waals surface area contributed by atoms with E-state index in [2.05, 4.69) is 12.2 Å². The Labute approximate surface area is 155 Å². The molecule has 0 saturated heterocycles. The maximum atomic E-state index is 12.7. The van der Waals surface area contributed by atoms with Crippen molar-refractivity contribution in [1.29, 1.82) is 0 Å². The Morgan fingerprint density at radius 2 is 2.04 bits per heavy atom. The molecule has 0 bridgehead atoms. The number of anilines is 1. The number of amides is 2. The van der Waals surface area contributed by atoms with Crippen molar-refractivity contribution in [2.45, 2.75) is 32.3 Å². The number of para-hydroxylation sites is 2. The molecule has 1 aliphatic carbocycles. The van der Waals surface area contributed by atoms with E-state index < -0.39 is 12.0 Å². The molecule has 2 atom stereocenters. The van der Waals surface area contributed by atoms with Gasteiger partial charge in [-0.15, -0.1) is 11.3 Å². The molecule has 0 saturated carbocycles. The fourth-order valence-electron chi connectivity index (χ4n) is 3.44. The second kappa shape index (κ2) is 6.64. The number of carbonyl (C=O) groups excluding carboxylic acids is 2. The predicted octanol–water partition coefficient (Wildman–Crippen LogP) is 2.75. The van der Waals surface area contributed by atoms with Crippen LogP contribution in [0.2, 0.25) is 0 Å². The predicted molar refractivity (Wildman–Crippen MR) is 99.0 cm³/mol. The van der Waals surface area contributed by atoms with Gasteiger partial charge in [-0.1, -0.05) is 19.1 Å². The minimum atomic E-state index is -0.774. The summed E-state index contributed by atoms with van der Waals surface area (Å²) in [5.41, 5.74) is 7.03. The lowest BCUT2D eigenvalue weighted by molar-refractivity contribution is -0.125. The summed E-state index contributed by atoms with van der Waals surface area (Å²) >= 11 is 1.44. The van der Waals surface area contributed by atoms with E-state index in [0.717, 1.165) is 29.7 Å². The summed E-state index contributed by atoms with van der Waals surface area (Å²) in [5.74, 6) is 0.882. The van der Waals surface area contributed by atoms with Crippen molar-refractivity contribution in [3.8, 4) is 11.5 Å². The first-order valence-electron chi connectivity index (χ1n) is 8.66. The van der Waals surface area contributed by atoms with Crippen LogP contribution in [0.5, 0.6) is 11.5 Å². The van der Waals surface area contributed by atoms with E-state index in [9.17, 15) is 9.59 Å². The first-order chi connectivity index (χ1) is 12.5. The summed E-state index contributed by atoms with van der Waals surface area (Å²) in [7, 11) is 0. The zero-order chi connectivity index (χ0) is 18.3. The van der Waals surface area contributed by atoms with Crippen LogP contribution in [0.25, 0.3) is 0 Å². The third-order valence-electron chi connectivity index (χ3n) is 4.80. The Kier molecular flexibility index (Phi) is 4.32. The number of nitrogens with two attached hydrogens (primary N) is 1. The van der Waals surface area contributed by atoms with Crippen LogP contribution in [0, 0.1) is 5.92 Å². The second-order valence-electron chi connectivity index (χ2n) is 6.77. The Hall–Kier alpha value is -2.54. The van der Waals surface area contributed by atoms with Crippen molar-refractivity contribution in [2.24, 2.45) is 11.7 Å². The highest BCUT2D eigenvalue weighted by atomic mass is 32.1. The lowest BCUT2D eigenvalue weighted by Crippen LogP contribution is -2.40. The summed E-state index contributed by atoms with van der Waals surface area (Å²) in [6, 6.07) is 7.22. The summed E-state index contributed by atoms with van der Waals surface area (Å²) in [4.78, 5) is 25.8. The molecule has 3 N–H and O–H groups in total. The Morgan fingerprint density at radius 1 is 1.27 bits per heavy atom. The minimum Gasteiger partial charge on any atom is -0.485 e. The van der Waals surface area contributed by atoms with Gasteiger partial charge in [0.2, 0.25) is 6.10 Å². The number of fused-ring (bicyclic) bond motifs is 2. The van der Waals surface area contributed by atoms with Crippen molar-refractivity contribution in [1.82, 2.24) is 0 Å². The van der Waals surface area contributed by atoms with Gasteiger partial charge >= 0.3 is 0 Å². The largest absolute Gasteiger partial charge is 0.485 e. The van der Waals surface area contributed by atoms with Crippen LogP contribution in [0.15, 0.2) is 24.3 Å². The van der Waals surface area contributed by atoms with Crippen molar-refractivity contribution in [2.75, 3.05) is 11.9 Å². The molecule has 2 aromatic rings. The third-order valence-corrected chi connectivity index (χ3v) is 5.97. The number of ether oxygens (including phenoxy) is 2. The van der Waals surface area contributed by atoms with Crippen LogP contribution >= 0.6 is 11.3 Å². The maximum Gasteiger partial charge on any atom is 0.269 e. The van der Waals surface area contributed by atoms with E-state index in [1.807, 2.05) is 12.1 Å². The molecule has 0 spiro atoms. The van der Waals surface area contributed by atoms with Gasteiger partial charge in [0, 0.05) is 4.88 Å². The fourth-order valence-corrected chi connectivity index (χ4v) is 4.86. The van der Waals surface area contributed by atoms with Crippen molar-refractivity contribution in [3.05, 3.63) is 40.3 Å². The molecule has 2 heterocycles. The minimum absolute atomic E-state index is 0.122. The van der Waals surface area contributed by atoms with Gasteiger partial charge in [-0.3, -0.25) is 9.59 Å². The molecular formula is C19H20N2O4S. The number of thiophene rings is 1. The van der Waals surface area contributed by atoms with Crippen LogP contribution in [-0.2, 0) is 17.6 Å². The first-order valence-corrected chi connectivity index (χ1v) is 9.48. The summed E-state index contributed by atoms with van der Waals surface area (Å²) < 4.78 is 11.3. The quantitative estimate of drug-likeness (QED) is 0.867. The lowest BCUT2D eigenvalue weighted by Gasteiger charge is -2.25. The highest BCUT2D eigenvalue weighted by Crippen LogP contribution is 2.39. The zero-order valence-electron chi connectivity index (χ0n) is 14.4. The van der Waals surface area contributed by atoms with E-state index in [0.29, 0.717) is 28.0 Å². The summed E-state index contributed by atoms with van der Waals surface area (Å²) in [6.45, 7) is 2.31. The standard InChI is InChI=1S/C19H20N2O4S/c1-10-6-7-11-15(8-10)26-19(16(11)17(20)22)21-18(23)14-9-24-12-4-2-3-5-13(12)25-14/h2-5,10,14H,6-9H2,1H3,(H2,20,22)(H,21,23). The molecule has 26 heavy (non-hydrogen) atoms. The highest BCUT2D eigenvalue weighted by Gasteiger charge is 2.31. The van der Waals surface area contributed by atoms with E-state index in [4.69, 9.17) is 15.2 Å². The van der Waals surface area contributed by atoms with Crippen molar-refractivity contribution >= 4 is 28.2 Å². The number of nitrogens with one attached hydrogen (secondary N) is 1. The van der Waals surface area contributed by atoms with Gasteiger partial charge in [0.1, 0.15) is 11.6 Å². The van der Waals surface area contributed by atoms with Gasteiger partial charge in [0.25, 0.3) is 11.8 Å². The molecule has 0 fully saturated rings. The molecule has 2 unspecified atom stereocenters. The van der Waals surface area contributed by atoms with Gasteiger partial charge in [0.05, 0.1) is 5.56 Å². The summed E-state index contributed by atoms with van der Waals surface area (Å²) in [6.07, 6.45) is 1.97. The fraction of sp³-hybridized carbons (Fsp3) is 0.368. The molecule has 1 aromatic carbocycles. The molecule has 1 aliphatic heterocycles. The van der Waals surface area contributed by atoms with Crippen LogP contribution in [-0.4, -0.2) is 24.5 Å². The van der Waals surface area contributed by atoms with Gasteiger partial charge in [-0.25, -0.2) is 0 Å². The molecule has 6 nitrogen and oxygen atoms in total. The molecule has 1 aromatic heterocycles. The van der Waals surface area contributed by atoms with Crippen LogP contribution < -0.4 is 20.5 Å². The molecular weight excluding hydrogens is 352 g/mol. The first kappa shape index (κ1) is 16.9. The lowest BCUT2D eigenvalue weighted by atomic mass is 9.88. The molecule has 136 valence electrons. The number of carbonyl (C=O) groups is 2. The Balaban J connectivity index is 1.56. The normalized spacial score (nSPS) is 21.0. The SMILES string of the molecule is CC1CCc2c(sc(NC(=O)C3COc4ccccc4O3)c2C(N)=O)C1. The van der Waals surface area contributed by atoms with Gasteiger partial charge in [0.15, 0.2) is 11.5 Å². The van der Waals surface area contributed by atoms with Crippen molar-refractivity contribution in [3.63, 3.8) is 0 Å². The topological polar surface area (TPSA) is 90.7 Å². The molecule has 2 aliphatic rings. The molecule has 4 rings (SSSR count). The number of hydrogen-bond acceptors (Lipinski definition) is 5. The van der Waals surface area contributed by atoms with E-state index in [1.54, 1.807) is 12.1 Å². The molecule has 7 heteroatoms. The van der Waals surface area contributed by atoms with Crippen LogP contribution in [0.4, 0.5) is 5.00 Å². The van der Waals surface area contributed by atoms with Crippen LogP contribution in [0.1, 0.15) is 34.1 Å². The highest BCUT2D eigenvalue weighted by molar-refractivity contribution is 7.17. The number of rotatable bonds is 3. The number of hydrogen-bond donors (Lipinski definition) is 2. The smallest absolute Gasteiger partial charge is 0.269 e. The second-order valence-corrected chi connectivity index (χ2v) is 7.88. The zero-order valence-corrected chi connectivity index (χ0v) is 15.2. The maximum absolute atomic E-state index is 12.7. The average molecular weight is 372 g/mol. The van der Waals surface area contributed by atoms with E-state index in [1.165, 1.54) is 11.3 Å². The third kappa shape index (κ3) is 3.03. The van der Waals surface area contributed by atoms with E-state index in [-0.39, 0.29) is 12.5 Å². The number of primary amides is 1. The van der Waals surface area contributed by atoms with Gasteiger partial charge in [-0.2, -0.15) is 0 Å². The average Bonchev–Trinajstić information content (AvgIpc) is 2.98. The number of benzene rings is 1. The summed E-state index contributed by atoms with van der Waals surface area (Å²) in [5, 5.41) is 3.36. The van der Waals surface area contributed by atoms with Gasteiger partial charge in [-0.05, 0) is 42.9 Å². The molecule has 0 radical (unpaired) electrons. The monoisotopic (exact) mass is 372 g/mol. The van der Waals surface area contributed by atoms with Gasteiger partial charge < -0.3 is 20.5 Å². The van der Waals surface area contributed by atoms with Crippen molar-refractivity contribution < 1.29 is 19.1 Å². The molecule has 2 amide bonds. The van der Waals surface area contributed by atoms with E-state index >= 15 is 0 Å². The Bertz CT molecular complexity index is 876. The Morgan fingerprint density at radius 3 is 2.81 bits per heavy atom.